The summed E-state index contributed by atoms with van der Waals surface area (Å²) in [4.78, 5) is 12.8. The van der Waals surface area contributed by atoms with Crippen LogP contribution in [0.3, 0.4) is 0 Å². The lowest BCUT2D eigenvalue weighted by atomic mass is 10.2. The van der Waals surface area contributed by atoms with Gasteiger partial charge in [0.25, 0.3) is 5.69 Å². The number of non-ortho nitro benzene ring substituents is 1. The minimum absolute atomic E-state index is 0.134. The van der Waals surface area contributed by atoms with Gasteiger partial charge in [-0.15, -0.1) is 0 Å². The molecule has 0 aromatic heterocycles. The Morgan fingerprint density at radius 2 is 2.00 bits per heavy atom. The van der Waals surface area contributed by atoms with E-state index >= 15 is 0 Å². The number of rotatable bonds is 7. The molecule has 0 aliphatic heterocycles. The summed E-state index contributed by atoms with van der Waals surface area (Å²) in [7, 11) is 0. The molecule has 0 aliphatic carbocycles. The van der Waals surface area contributed by atoms with Crippen LogP contribution in [0.25, 0.3) is 0 Å². The standard InChI is InChI=1S/C14H23N3O2/c1-5-7-15-12-8-13(16(6-2)11(3)4)10-14(9-12)17(18)19/h8-11,15H,5-7H2,1-4H3. The minimum Gasteiger partial charge on any atom is -0.385 e. The third kappa shape index (κ3) is 4.12. The first kappa shape index (κ1) is 15.3. The van der Waals surface area contributed by atoms with Crippen LogP contribution >= 0.6 is 0 Å². The Kier molecular flexibility index (Phi) is 5.60. The van der Waals surface area contributed by atoms with Crippen LogP contribution in [-0.4, -0.2) is 24.1 Å². The highest BCUT2D eigenvalue weighted by Gasteiger charge is 2.15. The number of nitrogens with one attached hydrogen (secondary N) is 1. The molecule has 1 aromatic carbocycles. The van der Waals surface area contributed by atoms with Gasteiger partial charge in [0.2, 0.25) is 0 Å². The maximum atomic E-state index is 11.0. The summed E-state index contributed by atoms with van der Waals surface area (Å²) in [6, 6.07) is 5.52. The number of benzene rings is 1. The van der Waals surface area contributed by atoms with Crippen molar-refractivity contribution in [3.05, 3.63) is 28.3 Å². The lowest BCUT2D eigenvalue weighted by Crippen LogP contribution is -2.30. The second-order valence-electron chi connectivity index (χ2n) is 4.80. The van der Waals surface area contributed by atoms with Crippen LogP contribution in [0.15, 0.2) is 18.2 Å². The zero-order valence-corrected chi connectivity index (χ0v) is 12.1. The first-order valence-electron chi connectivity index (χ1n) is 6.79. The lowest BCUT2D eigenvalue weighted by Gasteiger charge is -2.27. The molecule has 1 N–H and O–H groups in total. The molecule has 5 heteroatoms. The number of nitrogens with zero attached hydrogens (tertiary/aromatic N) is 2. The van der Waals surface area contributed by atoms with Gasteiger partial charge in [-0.1, -0.05) is 6.92 Å². The molecule has 1 rings (SSSR count). The van der Waals surface area contributed by atoms with Crippen LogP contribution in [0, 0.1) is 10.1 Å². The van der Waals surface area contributed by atoms with Crippen molar-refractivity contribution >= 4 is 17.1 Å². The summed E-state index contributed by atoms with van der Waals surface area (Å²) in [6.07, 6.45) is 0.986. The fourth-order valence-electron chi connectivity index (χ4n) is 2.08. The largest absolute Gasteiger partial charge is 0.385 e. The first-order chi connectivity index (χ1) is 8.99. The van der Waals surface area contributed by atoms with Gasteiger partial charge in [-0.05, 0) is 33.3 Å². The van der Waals surface area contributed by atoms with E-state index < -0.39 is 0 Å². The molecule has 0 unspecified atom stereocenters. The molecule has 1 aromatic rings. The van der Waals surface area contributed by atoms with Crippen molar-refractivity contribution in [1.29, 1.82) is 0 Å². The Labute approximate surface area is 114 Å². The Balaban J connectivity index is 3.14. The maximum Gasteiger partial charge on any atom is 0.273 e. The lowest BCUT2D eigenvalue weighted by molar-refractivity contribution is -0.384. The van der Waals surface area contributed by atoms with Gasteiger partial charge in [0.1, 0.15) is 0 Å². The number of anilines is 2. The van der Waals surface area contributed by atoms with Crippen molar-refractivity contribution in [2.45, 2.75) is 40.2 Å². The average Bonchev–Trinajstić information content (AvgIpc) is 2.36. The van der Waals surface area contributed by atoms with E-state index in [1.54, 1.807) is 12.1 Å². The Hall–Kier alpha value is -1.78. The summed E-state index contributed by atoms with van der Waals surface area (Å²) < 4.78 is 0. The van der Waals surface area contributed by atoms with E-state index in [1.807, 2.05) is 6.07 Å². The van der Waals surface area contributed by atoms with Crippen LogP contribution in [0.5, 0.6) is 0 Å². The topological polar surface area (TPSA) is 58.4 Å². The number of nitro groups is 1. The molecular formula is C14H23N3O2. The number of hydrogen-bond acceptors (Lipinski definition) is 4. The quantitative estimate of drug-likeness (QED) is 0.604. The van der Waals surface area contributed by atoms with E-state index in [9.17, 15) is 10.1 Å². The molecular weight excluding hydrogens is 242 g/mol. The predicted molar refractivity (Wildman–Crippen MR) is 80.0 cm³/mol. The van der Waals surface area contributed by atoms with Crippen LogP contribution in [0.2, 0.25) is 0 Å². The van der Waals surface area contributed by atoms with Crippen molar-refractivity contribution in [2.24, 2.45) is 0 Å². The molecule has 0 heterocycles. The third-order valence-electron chi connectivity index (χ3n) is 2.99. The van der Waals surface area contributed by atoms with E-state index in [2.05, 4.69) is 37.9 Å². The van der Waals surface area contributed by atoms with Gasteiger partial charge in [0.05, 0.1) is 4.92 Å². The van der Waals surface area contributed by atoms with Crippen LogP contribution in [0.1, 0.15) is 34.1 Å². The molecule has 106 valence electrons. The van der Waals surface area contributed by atoms with Gasteiger partial charge >= 0.3 is 0 Å². The molecule has 0 spiro atoms. The van der Waals surface area contributed by atoms with Crippen molar-refractivity contribution in [3.63, 3.8) is 0 Å². The third-order valence-corrected chi connectivity index (χ3v) is 2.99. The molecule has 0 fully saturated rings. The molecule has 0 aliphatic rings. The van der Waals surface area contributed by atoms with E-state index in [1.165, 1.54) is 0 Å². The summed E-state index contributed by atoms with van der Waals surface area (Å²) in [6.45, 7) is 9.93. The van der Waals surface area contributed by atoms with Crippen molar-refractivity contribution in [2.75, 3.05) is 23.3 Å². The molecule has 0 saturated carbocycles. The van der Waals surface area contributed by atoms with E-state index in [4.69, 9.17) is 0 Å². The SMILES string of the molecule is CCCNc1cc(N(CC)C(C)C)cc([N+](=O)[O-])c1. The van der Waals surface area contributed by atoms with E-state index in [-0.39, 0.29) is 10.6 Å². The van der Waals surface area contributed by atoms with Gasteiger partial charge in [-0.25, -0.2) is 0 Å². The molecule has 5 nitrogen and oxygen atoms in total. The van der Waals surface area contributed by atoms with E-state index in [0.29, 0.717) is 6.04 Å². The van der Waals surface area contributed by atoms with Gasteiger partial charge in [-0.3, -0.25) is 10.1 Å². The highest BCUT2D eigenvalue weighted by Crippen LogP contribution is 2.28. The van der Waals surface area contributed by atoms with Gasteiger partial charge < -0.3 is 10.2 Å². The molecule has 0 bridgehead atoms. The van der Waals surface area contributed by atoms with E-state index in [0.717, 1.165) is 30.9 Å². The minimum atomic E-state index is -0.338. The summed E-state index contributed by atoms with van der Waals surface area (Å²) in [5.41, 5.74) is 1.84. The zero-order chi connectivity index (χ0) is 14.4. The Morgan fingerprint density at radius 1 is 1.32 bits per heavy atom. The Bertz CT molecular complexity index is 433. The molecule has 0 radical (unpaired) electrons. The summed E-state index contributed by atoms with van der Waals surface area (Å²) in [5.74, 6) is 0. The fourth-order valence-corrected chi connectivity index (χ4v) is 2.08. The highest BCUT2D eigenvalue weighted by molar-refractivity contribution is 5.64. The second kappa shape index (κ2) is 6.97. The molecule has 0 saturated heterocycles. The predicted octanol–water partition coefficient (Wildman–Crippen LogP) is 3.65. The second-order valence-corrected chi connectivity index (χ2v) is 4.80. The smallest absolute Gasteiger partial charge is 0.273 e. The van der Waals surface area contributed by atoms with Crippen LogP contribution in [-0.2, 0) is 0 Å². The number of nitro benzene ring substituents is 1. The van der Waals surface area contributed by atoms with Crippen molar-refractivity contribution in [3.8, 4) is 0 Å². The van der Waals surface area contributed by atoms with Crippen molar-refractivity contribution < 1.29 is 4.92 Å². The normalized spacial score (nSPS) is 10.6. The van der Waals surface area contributed by atoms with Gasteiger partial charge in [-0.2, -0.15) is 0 Å². The maximum absolute atomic E-state index is 11.0. The van der Waals surface area contributed by atoms with Crippen LogP contribution in [0.4, 0.5) is 17.1 Å². The average molecular weight is 265 g/mol. The van der Waals surface area contributed by atoms with Gasteiger partial charge in [0, 0.05) is 42.6 Å². The number of hydrogen-bond donors (Lipinski definition) is 1. The molecule has 0 atom stereocenters. The summed E-state index contributed by atoms with van der Waals surface area (Å²) >= 11 is 0. The van der Waals surface area contributed by atoms with Crippen LogP contribution < -0.4 is 10.2 Å². The highest BCUT2D eigenvalue weighted by atomic mass is 16.6. The first-order valence-corrected chi connectivity index (χ1v) is 6.79. The molecule has 0 amide bonds. The Morgan fingerprint density at radius 3 is 2.47 bits per heavy atom. The molecule has 19 heavy (non-hydrogen) atoms. The summed E-state index contributed by atoms with van der Waals surface area (Å²) in [5, 5.41) is 14.2. The zero-order valence-electron chi connectivity index (χ0n) is 12.1. The van der Waals surface area contributed by atoms with Crippen molar-refractivity contribution in [1.82, 2.24) is 0 Å². The van der Waals surface area contributed by atoms with Gasteiger partial charge in [0.15, 0.2) is 0 Å². The fraction of sp³-hybridized carbons (Fsp3) is 0.571. The monoisotopic (exact) mass is 265 g/mol.